The Morgan fingerprint density at radius 1 is 1.00 bits per heavy atom. The van der Waals surface area contributed by atoms with E-state index in [4.69, 9.17) is 5.11 Å². The quantitative estimate of drug-likeness (QED) is 0.895. The Morgan fingerprint density at radius 3 is 2.37 bits per heavy atom. The zero-order chi connectivity index (χ0) is 13.1. The molecule has 1 aromatic rings. The Labute approximate surface area is 115 Å². The molecule has 3 nitrogen and oxygen atoms in total. The molecule has 0 aromatic heterocycles. The van der Waals surface area contributed by atoms with Crippen molar-refractivity contribution < 1.29 is 5.11 Å². The number of nitrogens with zero attached hydrogens (tertiary/aromatic N) is 2. The van der Waals surface area contributed by atoms with Crippen molar-refractivity contribution in [2.75, 3.05) is 26.2 Å². The summed E-state index contributed by atoms with van der Waals surface area (Å²) in [5.41, 5.74) is 2.36. The van der Waals surface area contributed by atoms with Gasteiger partial charge in [0.2, 0.25) is 0 Å². The maximum Gasteiger partial charge on any atom is 0.0681 e. The molecule has 104 valence electrons. The lowest BCUT2D eigenvalue weighted by molar-refractivity contribution is 0.230. The van der Waals surface area contributed by atoms with Crippen molar-refractivity contribution in [3.8, 4) is 0 Å². The van der Waals surface area contributed by atoms with Gasteiger partial charge in [0, 0.05) is 25.7 Å². The van der Waals surface area contributed by atoms with Crippen LogP contribution in [0.5, 0.6) is 0 Å². The van der Waals surface area contributed by atoms with Gasteiger partial charge in [0.05, 0.1) is 6.61 Å². The third-order valence-corrected chi connectivity index (χ3v) is 4.52. The van der Waals surface area contributed by atoms with Gasteiger partial charge in [0.1, 0.15) is 0 Å². The van der Waals surface area contributed by atoms with E-state index in [1.807, 2.05) is 12.1 Å². The fraction of sp³-hybridized carbons (Fsp3) is 0.625. The number of hydrogen-bond donors (Lipinski definition) is 1. The van der Waals surface area contributed by atoms with Crippen molar-refractivity contribution in [3.63, 3.8) is 0 Å². The second kappa shape index (κ2) is 6.04. The van der Waals surface area contributed by atoms with E-state index in [2.05, 4.69) is 21.9 Å². The lowest BCUT2D eigenvalue weighted by Crippen LogP contribution is -2.35. The highest BCUT2D eigenvalue weighted by atomic mass is 16.3. The number of aliphatic hydroxyl groups excluding tert-OH is 1. The Bertz CT molecular complexity index is 398. The van der Waals surface area contributed by atoms with Gasteiger partial charge in [-0.2, -0.15) is 0 Å². The topological polar surface area (TPSA) is 26.7 Å². The Morgan fingerprint density at radius 2 is 1.68 bits per heavy atom. The molecule has 2 fully saturated rings. The first-order chi connectivity index (χ1) is 9.35. The van der Waals surface area contributed by atoms with Crippen molar-refractivity contribution in [2.45, 2.75) is 38.5 Å². The molecule has 2 heterocycles. The summed E-state index contributed by atoms with van der Waals surface area (Å²) in [7, 11) is 0. The van der Waals surface area contributed by atoms with Crippen LogP contribution >= 0.6 is 0 Å². The molecule has 0 aliphatic carbocycles. The number of hydrogen-bond acceptors (Lipinski definition) is 3. The Balaban J connectivity index is 1.53. The van der Waals surface area contributed by atoms with Crippen LogP contribution in [0.25, 0.3) is 0 Å². The van der Waals surface area contributed by atoms with Crippen LogP contribution in [0.15, 0.2) is 24.3 Å². The van der Waals surface area contributed by atoms with E-state index in [1.165, 1.54) is 51.0 Å². The van der Waals surface area contributed by atoms with E-state index in [-0.39, 0.29) is 6.61 Å². The van der Waals surface area contributed by atoms with Crippen LogP contribution in [0.2, 0.25) is 0 Å². The molecule has 19 heavy (non-hydrogen) atoms. The van der Waals surface area contributed by atoms with E-state index < -0.39 is 0 Å². The zero-order valence-electron chi connectivity index (χ0n) is 11.6. The first-order valence-corrected chi connectivity index (χ1v) is 7.50. The predicted molar refractivity (Wildman–Crippen MR) is 76.9 cm³/mol. The van der Waals surface area contributed by atoms with Crippen LogP contribution in [0, 0.1) is 0 Å². The van der Waals surface area contributed by atoms with E-state index in [1.54, 1.807) is 0 Å². The smallest absolute Gasteiger partial charge is 0.0681 e. The van der Waals surface area contributed by atoms with Crippen molar-refractivity contribution in [1.82, 2.24) is 9.80 Å². The van der Waals surface area contributed by atoms with Crippen LogP contribution in [-0.2, 0) is 13.2 Å². The van der Waals surface area contributed by atoms with E-state index in [9.17, 15) is 0 Å². The first-order valence-electron chi connectivity index (χ1n) is 7.50. The SMILES string of the molecule is OCc1ccc(CN2CCC(N3CCCC3)C2)cc1. The Kier molecular flexibility index (Phi) is 4.16. The molecule has 2 saturated heterocycles. The lowest BCUT2D eigenvalue weighted by Gasteiger charge is -2.23. The predicted octanol–water partition coefficient (Wildman–Crippen LogP) is 1.85. The minimum atomic E-state index is 0.140. The maximum absolute atomic E-state index is 9.05. The minimum Gasteiger partial charge on any atom is -0.392 e. The van der Waals surface area contributed by atoms with Crippen LogP contribution in [-0.4, -0.2) is 47.1 Å². The molecule has 1 aromatic carbocycles. The van der Waals surface area contributed by atoms with Crippen LogP contribution in [0.1, 0.15) is 30.4 Å². The second-order valence-electron chi connectivity index (χ2n) is 5.90. The van der Waals surface area contributed by atoms with Crippen molar-refractivity contribution in [3.05, 3.63) is 35.4 Å². The molecule has 3 heteroatoms. The van der Waals surface area contributed by atoms with Gasteiger partial charge in [0.15, 0.2) is 0 Å². The maximum atomic E-state index is 9.05. The van der Waals surface area contributed by atoms with E-state index in [0.717, 1.165) is 18.2 Å². The summed E-state index contributed by atoms with van der Waals surface area (Å²) in [5.74, 6) is 0. The third-order valence-electron chi connectivity index (χ3n) is 4.52. The van der Waals surface area contributed by atoms with E-state index >= 15 is 0 Å². The molecule has 1 unspecified atom stereocenters. The van der Waals surface area contributed by atoms with Gasteiger partial charge in [-0.3, -0.25) is 9.80 Å². The zero-order valence-corrected chi connectivity index (χ0v) is 11.6. The van der Waals surface area contributed by atoms with Crippen LogP contribution < -0.4 is 0 Å². The molecule has 3 rings (SSSR count). The number of aliphatic hydroxyl groups is 1. The average molecular weight is 260 g/mol. The summed E-state index contributed by atoms with van der Waals surface area (Å²) in [5, 5.41) is 9.05. The van der Waals surface area contributed by atoms with E-state index in [0.29, 0.717) is 0 Å². The molecule has 1 N–H and O–H groups in total. The highest BCUT2D eigenvalue weighted by Gasteiger charge is 2.28. The van der Waals surface area contributed by atoms with Gasteiger partial charge in [-0.15, -0.1) is 0 Å². The summed E-state index contributed by atoms with van der Waals surface area (Å²) in [6, 6.07) is 9.15. The minimum absolute atomic E-state index is 0.140. The van der Waals surface area contributed by atoms with Gasteiger partial charge in [0.25, 0.3) is 0 Å². The molecule has 2 aliphatic heterocycles. The normalized spacial score (nSPS) is 25.2. The summed E-state index contributed by atoms with van der Waals surface area (Å²) < 4.78 is 0. The average Bonchev–Trinajstić information content (AvgIpc) is 3.10. The second-order valence-corrected chi connectivity index (χ2v) is 5.90. The van der Waals surface area contributed by atoms with Crippen molar-refractivity contribution in [1.29, 1.82) is 0 Å². The van der Waals surface area contributed by atoms with Crippen molar-refractivity contribution in [2.24, 2.45) is 0 Å². The molecule has 0 spiro atoms. The summed E-state index contributed by atoms with van der Waals surface area (Å²) in [6.07, 6.45) is 4.10. The monoisotopic (exact) mass is 260 g/mol. The number of benzene rings is 1. The van der Waals surface area contributed by atoms with Crippen LogP contribution in [0.3, 0.4) is 0 Å². The Hall–Kier alpha value is -0.900. The van der Waals surface area contributed by atoms with Gasteiger partial charge in [-0.25, -0.2) is 0 Å². The molecule has 2 aliphatic rings. The summed E-state index contributed by atoms with van der Waals surface area (Å²) in [4.78, 5) is 5.24. The highest BCUT2D eigenvalue weighted by molar-refractivity contribution is 5.22. The highest BCUT2D eigenvalue weighted by Crippen LogP contribution is 2.21. The first kappa shape index (κ1) is 13.1. The largest absolute Gasteiger partial charge is 0.392 e. The fourth-order valence-corrected chi connectivity index (χ4v) is 3.37. The molecule has 0 saturated carbocycles. The standard InChI is InChI=1S/C16H24N2O/c19-13-15-5-3-14(4-6-15)11-17-10-7-16(12-17)18-8-1-2-9-18/h3-6,16,19H,1-2,7-13H2. The van der Waals surface area contributed by atoms with Gasteiger partial charge in [-0.05, 0) is 43.5 Å². The van der Waals surface area contributed by atoms with Gasteiger partial charge < -0.3 is 5.11 Å². The molecule has 1 atom stereocenters. The summed E-state index contributed by atoms with van der Waals surface area (Å²) in [6.45, 7) is 6.26. The summed E-state index contributed by atoms with van der Waals surface area (Å²) >= 11 is 0. The van der Waals surface area contributed by atoms with Gasteiger partial charge in [-0.1, -0.05) is 24.3 Å². The number of likely N-dealkylation sites (tertiary alicyclic amines) is 2. The molecule has 0 radical (unpaired) electrons. The fourth-order valence-electron chi connectivity index (χ4n) is 3.37. The molecule has 0 amide bonds. The third kappa shape index (κ3) is 3.16. The van der Waals surface area contributed by atoms with Crippen molar-refractivity contribution >= 4 is 0 Å². The number of rotatable bonds is 4. The molecular formula is C16H24N2O. The van der Waals surface area contributed by atoms with Gasteiger partial charge >= 0.3 is 0 Å². The molecule has 0 bridgehead atoms. The van der Waals surface area contributed by atoms with Crippen LogP contribution in [0.4, 0.5) is 0 Å². The molecular weight excluding hydrogens is 236 g/mol. The lowest BCUT2D eigenvalue weighted by atomic mass is 10.1.